The SMILES string of the molecule is CC/C=C\C/C=C\C(/C=C\CCCCCC(=O)NCC(=O)NC(CO)C(=O)O)OC(=O)CCCCCCCCCCCCC/C=C\CCCCCCCCCC. The topological polar surface area (TPSA) is 142 Å². The maximum atomic E-state index is 12.6. The van der Waals surface area contributed by atoms with Gasteiger partial charge in [-0.2, -0.15) is 0 Å². The number of carboxylic acids is 1. The fourth-order valence-electron chi connectivity index (χ4n) is 6.31. The normalized spacial score (nSPS) is 12.9. The highest BCUT2D eigenvalue weighted by atomic mass is 16.5. The van der Waals surface area contributed by atoms with E-state index in [1.165, 1.54) is 122 Å². The zero-order chi connectivity index (χ0) is 41.2. The number of carboxylic acid groups (broad SMARTS) is 1. The molecule has 0 fully saturated rings. The smallest absolute Gasteiger partial charge is 0.328 e. The highest BCUT2D eigenvalue weighted by Gasteiger charge is 2.18. The molecule has 2 atom stereocenters. The second-order valence-electron chi connectivity index (χ2n) is 15.1. The van der Waals surface area contributed by atoms with Gasteiger partial charge in [0.15, 0.2) is 0 Å². The molecule has 9 heteroatoms. The minimum Gasteiger partial charge on any atom is -0.480 e. The van der Waals surface area contributed by atoms with Crippen LogP contribution >= 0.6 is 0 Å². The molecule has 0 spiro atoms. The van der Waals surface area contributed by atoms with E-state index in [9.17, 15) is 19.2 Å². The molecule has 2 amide bonds. The van der Waals surface area contributed by atoms with Crippen molar-refractivity contribution in [3.63, 3.8) is 0 Å². The summed E-state index contributed by atoms with van der Waals surface area (Å²) in [5.41, 5.74) is 0. The van der Waals surface area contributed by atoms with Gasteiger partial charge in [-0.3, -0.25) is 14.4 Å². The summed E-state index contributed by atoms with van der Waals surface area (Å²) in [6.45, 7) is 3.31. The molecule has 56 heavy (non-hydrogen) atoms. The molecule has 0 rings (SSSR count). The van der Waals surface area contributed by atoms with Gasteiger partial charge in [-0.15, -0.1) is 0 Å². The van der Waals surface area contributed by atoms with Crippen LogP contribution in [-0.2, 0) is 23.9 Å². The molecule has 0 aliphatic rings. The lowest BCUT2D eigenvalue weighted by molar-refractivity contribution is -0.145. The Labute approximate surface area is 341 Å². The van der Waals surface area contributed by atoms with Gasteiger partial charge in [0.25, 0.3) is 0 Å². The summed E-state index contributed by atoms with van der Waals surface area (Å²) in [7, 11) is 0. The van der Waals surface area contributed by atoms with Gasteiger partial charge in [0.1, 0.15) is 12.1 Å². The molecule has 0 aliphatic carbocycles. The highest BCUT2D eigenvalue weighted by molar-refractivity contribution is 5.87. The second-order valence-corrected chi connectivity index (χ2v) is 15.1. The predicted molar refractivity (Wildman–Crippen MR) is 231 cm³/mol. The van der Waals surface area contributed by atoms with Crippen LogP contribution in [0.1, 0.15) is 200 Å². The number of rotatable bonds is 40. The number of carbonyl (C=O) groups is 4. The van der Waals surface area contributed by atoms with Crippen molar-refractivity contribution in [3.8, 4) is 0 Å². The Hall–Kier alpha value is -3.20. The van der Waals surface area contributed by atoms with E-state index >= 15 is 0 Å². The molecule has 0 bridgehead atoms. The van der Waals surface area contributed by atoms with E-state index in [-0.39, 0.29) is 24.8 Å². The predicted octanol–water partition coefficient (Wildman–Crippen LogP) is 11.2. The van der Waals surface area contributed by atoms with Crippen LogP contribution in [0.25, 0.3) is 0 Å². The fraction of sp³-hybridized carbons (Fsp3) is 0.745. The van der Waals surface area contributed by atoms with Crippen LogP contribution in [0.4, 0.5) is 0 Å². The van der Waals surface area contributed by atoms with Gasteiger partial charge >= 0.3 is 11.9 Å². The zero-order valence-electron chi connectivity index (χ0n) is 35.6. The Balaban J connectivity index is 4.01. The van der Waals surface area contributed by atoms with Crippen molar-refractivity contribution in [3.05, 3.63) is 48.6 Å². The minimum absolute atomic E-state index is 0.165. The zero-order valence-corrected chi connectivity index (χ0v) is 35.6. The van der Waals surface area contributed by atoms with Gasteiger partial charge < -0.3 is 25.6 Å². The van der Waals surface area contributed by atoms with Crippen molar-refractivity contribution in [1.82, 2.24) is 10.6 Å². The van der Waals surface area contributed by atoms with Crippen molar-refractivity contribution in [2.75, 3.05) is 13.2 Å². The first-order valence-corrected chi connectivity index (χ1v) is 22.6. The molecule has 4 N–H and O–H groups in total. The first-order chi connectivity index (χ1) is 27.3. The van der Waals surface area contributed by atoms with E-state index in [4.69, 9.17) is 14.9 Å². The lowest BCUT2D eigenvalue weighted by Crippen LogP contribution is -2.47. The quantitative estimate of drug-likeness (QED) is 0.0275. The largest absolute Gasteiger partial charge is 0.480 e. The standard InChI is InChI=1S/C47H82N2O7/c1-3-5-7-9-10-11-12-13-14-15-16-17-18-19-20-21-22-23-24-25-26-31-35-39-46(53)56-42(36-32-28-8-6-4-2)37-33-29-27-30-34-38-44(51)48-40-45(52)49-43(41-50)47(54)55/h6,8,15-16,32-33,36-37,42-43,50H,3-5,7,9-14,17-31,34-35,38-41H2,1-2H3,(H,48,51)(H,49,52)(H,54,55)/b8-6-,16-15-,36-32-,37-33-. The van der Waals surface area contributed by atoms with Crippen molar-refractivity contribution >= 4 is 23.8 Å². The van der Waals surface area contributed by atoms with Crippen LogP contribution in [0, 0.1) is 0 Å². The van der Waals surface area contributed by atoms with E-state index in [0.717, 1.165) is 44.9 Å². The molecule has 9 nitrogen and oxygen atoms in total. The molecule has 0 aromatic rings. The third-order valence-corrected chi connectivity index (χ3v) is 9.77. The Morgan fingerprint density at radius 1 is 0.554 bits per heavy atom. The van der Waals surface area contributed by atoms with Crippen LogP contribution in [0.2, 0.25) is 0 Å². The number of hydrogen-bond acceptors (Lipinski definition) is 6. The number of ether oxygens (including phenoxy) is 1. The lowest BCUT2D eigenvalue weighted by Gasteiger charge is -2.12. The summed E-state index contributed by atoms with van der Waals surface area (Å²) in [6, 6.07) is -1.39. The van der Waals surface area contributed by atoms with Gasteiger partial charge in [0.2, 0.25) is 11.8 Å². The minimum atomic E-state index is -1.39. The van der Waals surface area contributed by atoms with Crippen molar-refractivity contribution in [2.45, 2.75) is 212 Å². The van der Waals surface area contributed by atoms with E-state index in [2.05, 4.69) is 48.8 Å². The summed E-state index contributed by atoms with van der Waals surface area (Å²) >= 11 is 0. The highest BCUT2D eigenvalue weighted by Crippen LogP contribution is 2.15. The van der Waals surface area contributed by atoms with Crippen LogP contribution in [0.5, 0.6) is 0 Å². The maximum absolute atomic E-state index is 12.6. The first-order valence-electron chi connectivity index (χ1n) is 22.6. The van der Waals surface area contributed by atoms with E-state index in [1.807, 2.05) is 24.3 Å². The Kier molecular flexibility index (Phi) is 39.1. The van der Waals surface area contributed by atoms with Gasteiger partial charge in [0, 0.05) is 12.8 Å². The van der Waals surface area contributed by atoms with Gasteiger partial charge in [-0.1, -0.05) is 159 Å². The van der Waals surface area contributed by atoms with Crippen molar-refractivity contribution in [1.29, 1.82) is 0 Å². The molecule has 0 heterocycles. The monoisotopic (exact) mass is 787 g/mol. The fourth-order valence-corrected chi connectivity index (χ4v) is 6.31. The number of aliphatic hydroxyl groups is 1. The molecular formula is C47H82N2O7. The summed E-state index contributed by atoms with van der Waals surface area (Å²) in [6.07, 6.45) is 49.4. The number of allylic oxidation sites excluding steroid dienone is 6. The molecule has 0 saturated heterocycles. The molecule has 0 aromatic heterocycles. The number of carbonyl (C=O) groups excluding carboxylic acids is 3. The molecule has 0 saturated carbocycles. The number of aliphatic hydroxyl groups excluding tert-OH is 1. The van der Waals surface area contributed by atoms with Gasteiger partial charge in [-0.05, 0) is 76.4 Å². The summed E-state index contributed by atoms with van der Waals surface area (Å²) < 4.78 is 5.78. The molecular weight excluding hydrogens is 705 g/mol. The van der Waals surface area contributed by atoms with Crippen LogP contribution in [0.15, 0.2) is 48.6 Å². The third-order valence-electron chi connectivity index (χ3n) is 9.77. The molecule has 322 valence electrons. The Bertz CT molecular complexity index is 1080. The van der Waals surface area contributed by atoms with Gasteiger partial charge in [0.05, 0.1) is 13.2 Å². The molecule has 2 unspecified atom stereocenters. The maximum Gasteiger partial charge on any atom is 0.328 e. The molecule has 0 aromatic carbocycles. The summed E-state index contributed by atoms with van der Waals surface area (Å²) in [5.74, 6) is -2.47. The number of amides is 2. The van der Waals surface area contributed by atoms with Crippen LogP contribution in [-0.4, -0.2) is 59.3 Å². The third kappa shape index (κ3) is 37.7. The number of nitrogens with one attached hydrogen (secondary N) is 2. The number of esters is 1. The summed E-state index contributed by atoms with van der Waals surface area (Å²) in [4.78, 5) is 47.3. The lowest BCUT2D eigenvalue weighted by atomic mass is 10.0. The van der Waals surface area contributed by atoms with E-state index in [1.54, 1.807) is 0 Å². The van der Waals surface area contributed by atoms with E-state index in [0.29, 0.717) is 12.8 Å². The first kappa shape index (κ1) is 52.8. The van der Waals surface area contributed by atoms with E-state index < -0.39 is 30.6 Å². The summed E-state index contributed by atoms with van der Waals surface area (Å²) in [5, 5.41) is 22.5. The van der Waals surface area contributed by atoms with Crippen LogP contribution < -0.4 is 10.6 Å². The van der Waals surface area contributed by atoms with Crippen molar-refractivity contribution in [2.24, 2.45) is 0 Å². The average Bonchev–Trinajstić information content (AvgIpc) is 3.18. The average molecular weight is 787 g/mol. The Morgan fingerprint density at radius 3 is 1.57 bits per heavy atom. The Morgan fingerprint density at radius 2 is 1.04 bits per heavy atom. The molecule has 0 aliphatic heterocycles. The molecule has 0 radical (unpaired) electrons. The van der Waals surface area contributed by atoms with Gasteiger partial charge in [-0.25, -0.2) is 4.79 Å². The second kappa shape index (κ2) is 41.4. The van der Waals surface area contributed by atoms with Crippen molar-refractivity contribution < 1.29 is 34.1 Å². The number of hydrogen-bond donors (Lipinski definition) is 4. The number of aliphatic carboxylic acids is 1. The van der Waals surface area contributed by atoms with Crippen LogP contribution in [0.3, 0.4) is 0 Å². The number of unbranched alkanes of at least 4 members (excludes halogenated alkanes) is 22.